The molecule has 0 unspecified atom stereocenters. The first-order valence-electron chi connectivity index (χ1n) is 26.1. The van der Waals surface area contributed by atoms with Crippen LogP contribution in [-0.2, 0) is 0 Å². The number of nitrogens with zero attached hydrogens (tertiary/aromatic N) is 2. The Labute approximate surface area is 451 Å². The first-order valence-corrected chi connectivity index (χ1v) is 27.8. The molecule has 0 radical (unpaired) electrons. The molecule has 0 saturated carbocycles. The summed E-state index contributed by atoms with van der Waals surface area (Å²) in [6, 6.07) is 90.7. The maximum atomic E-state index is 6.91. The van der Waals surface area contributed by atoms with E-state index in [0.717, 1.165) is 62.6 Å². The molecule has 15 aromatic rings. The van der Waals surface area contributed by atoms with Gasteiger partial charge >= 0.3 is 0 Å². The van der Waals surface area contributed by atoms with Gasteiger partial charge < -0.3 is 19.3 Å². The molecule has 2 aromatic heterocycles. The molecule has 2 aliphatic rings. The van der Waals surface area contributed by atoms with Crippen LogP contribution in [0.5, 0.6) is 23.0 Å². The van der Waals surface area contributed by atoms with Crippen LogP contribution >= 0.6 is 22.7 Å². The van der Waals surface area contributed by atoms with Crippen molar-refractivity contribution in [2.45, 2.75) is 0 Å². The van der Waals surface area contributed by atoms with Crippen LogP contribution in [0.1, 0.15) is 0 Å². The van der Waals surface area contributed by atoms with Gasteiger partial charge in [0.05, 0.1) is 0 Å². The van der Waals surface area contributed by atoms with Crippen molar-refractivity contribution in [1.82, 2.24) is 0 Å². The minimum absolute atomic E-state index is 0.0605. The van der Waals surface area contributed by atoms with Crippen LogP contribution in [0.4, 0.5) is 34.1 Å². The minimum Gasteiger partial charge on any atom is -0.458 e. The summed E-state index contributed by atoms with van der Waals surface area (Å²) in [5.74, 6) is 3.50. The lowest BCUT2D eigenvalue weighted by molar-refractivity contribution is 0.465. The maximum Gasteiger partial charge on any atom is 0.260 e. The SMILES string of the molecule is c1ccc(N(c2ccc3ccccc3c2)c2ccc3c(ccc4c5cc6c(cc5sc34)B3c4cc5sc7c8ccc(N(c9ccccc9)c9ccc%10ccccc%10c9)cc8ccc7c5cc4Oc4cccc(c43)O6)c2)cc1. The second-order valence-electron chi connectivity index (χ2n) is 20.4. The zero-order valence-corrected chi connectivity index (χ0v) is 42.9. The molecule has 0 saturated heterocycles. The van der Waals surface area contributed by atoms with Gasteiger partial charge in [0.1, 0.15) is 23.0 Å². The van der Waals surface area contributed by atoms with Crippen LogP contribution in [0, 0.1) is 0 Å². The van der Waals surface area contributed by atoms with Crippen LogP contribution in [-0.4, -0.2) is 6.71 Å². The third kappa shape index (κ3) is 6.64. The summed E-state index contributed by atoms with van der Waals surface area (Å²) in [5.41, 5.74) is 10.2. The van der Waals surface area contributed by atoms with E-state index in [1.807, 2.05) is 22.7 Å². The van der Waals surface area contributed by atoms with Crippen molar-refractivity contribution < 1.29 is 9.47 Å². The van der Waals surface area contributed by atoms with Gasteiger partial charge in [0, 0.05) is 79.9 Å². The number of hydrogen-bond acceptors (Lipinski definition) is 6. The first-order chi connectivity index (χ1) is 38.1. The summed E-state index contributed by atoms with van der Waals surface area (Å²) in [7, 11) is 0. The van der Waals surface area contributed by atoms with Gasteiger partial charge in [-0.2, -0.15) is 0 Å². The van der Waals surface area contributed by atoms with E-state index in [1.165, 1.54) is 94.4 Å². The third-order valence-electron chi connectivity index (χ3n) is 16.0. The fourth-order valence-electron chi connectivity index (χ4n) is 12.5. The number of thiophene rings is 2. The second-order valence-corrected chi connectivity index (χ2v) is 22.5. The Morgan fingerprint density at radius 3 is 1.13 bits per heavy atom. The molecule has 0 N–H and O–H groups in total. The topological polar surface area (TPSA) is 24.9 Å². The van der Waals surface area contributed by atoms with E-state index in [0.29, 0.717) is 0 Å². The quantitative estimate of drug-likeness (QED) is 0.155. The van der Waals surface area contributed by atoms with Crippen molar-refractivity contribution in [3.8, 4) is 23.0 Å². The Bertz CT molecular complexity index is 4670. The largest absolute Gasteiger partial charge is 0.458 e. The van der Waals surface area contributed by atoms with E-state index in [4.69, 9.17) is 9.47 Å². The first kappa shape index (κ1) is 42.9. The van der Waals surface area contributed by atoms with E-state index < -0.39 is 0 Å². The van der Waals surface area contributed by atoms with Crippen LogP contribution < -0.4 is 35.7 Å². The number of rotatable bonds is 6. The summed E-state index contributed by atoms with van der Waals surface area (Å²) in [5, 5.41) is 14.7. The highest BCUT2D eigenvalue weighted by Crippen LogP contribution is 2.47. The lowest BCUT2D eigenvalue weighted by Gasteiger charge is -2.33. The number of anilines is 6. The van der Waals surface area contributed by atoms with Gasteiger partial charge in [-0.3, -0.25) is 0 Å². The molecule has 0 amide bonds. The molecule has 0 bridgehead atoms. The summed E-state index contributed by atoms with van der Waals surface area (Å²) >= 11 is 3.75. The van der Waals surface area contributed by atoms with E-state index in [-0.39, 0.29) is 6.71 Å². The molecule has 4 heterocycles. The Hall–Kier alpha value is -9.40. The van der Waals surface area contributed by atoms with Crippen molar-refractivity contribution in [3.63, 3.8) is 0 Å². The van der Waals surface area contributed by atoms with Crippen LogP contribution in [0.25, 0.3) is 83.4 Å². The maximum absolute atomic E-state index is 6.91. The van der Waals surface area contributed by atoms with Crippen LogP contribution in [0.2, 0.25) is 0 Å². The fourth-order valence-corrected chi connectivity index (χ4v) is 15.0. The summed E-state index contributed by atoms with van der Waals surface area (Å²) in [6.07, 6.45) is 0. The van der Waals surface area contributed by atoms with Gasteiger partial charge in [-0.05, 0) is 163 Å². The highest BCUT2D eigenvalue weighted by Gasteiger charge is 2.41. The smallest absolute Gasteiger partial charge is 0.260 e. The molecule has 2 aliphatic heterocycles. The second kappa shape index (κ2) is 16.6. The summed E-state index contributed by atoms with van der Waals surface area (Å²) in [4.78, 5) is 4.73. The monoisotopic (exact) mass is 1020 g/mol. The van der Waals surface area contributed by atoms with Crippen molar-refractivity contribution in [2.24, 2.45) is 0 Å². The van der Waals surface area contributed by atoms with E-state index in [2.05, 4.69) is 259 Å². The number of ether oxygens (including phenoxy) is 2. The van der Waals surface area contributed by atoms with Crippen LogP contribution in [0.3, 0.4) is 0 Å². The zero-order valence-electron chi connectivity index (χ0n) is 41.3. The number of fused-ring (bicyclic) bond motifs is 16. The van der Waals surface area contributed by atoms with Crippen molar-refractivity contribution >= 4 is 163 Å². The van der Waals surface area contributed by atoms with Gasteiger partial charge in [-0.1, -0.05) is 140 Å². The predicted molar refractivity (Wildman–Crippen MR) is 329 cm³/mol. The summed E-state index contributed by atoms with van der Waals surface area (Å²) < 4.78 is 18.9. The molecule has 17 rings (SSSR count). The standard InChI is InChI=1S/C70H41BN2O2S2/c1-3-16-48(17-4-1)72(50-26-22-42-12-7-9-14-44(42)34-50)52-28-32-54-46(36-52)24-30-56-58-38-64-60(40-66(58)76-69(54)56)71-61-41-67-59(39-65(61)75-63-21-11-20-62(74-64)68(63)71)57-31-25-47-37-53(29-33-55(47)70(57)77-67)73(49-18-5-2-6-19-49)51-27-23-43-13-8-10-15-45(43)35-51/h1-41H. The minimum atomic E-state index is -0.0605. The van der Waals surface area contributed by atoms with Gasteiger partial charge in [0.25, 0.3) is 6.71 Å². The Morgan fingerprint density at radius 2 is 0.662 bits per heavy atom. The molecule has 4 nitrogen and oxygen atoms in total. The third-order valence-corrected chi connectivity index (χ3v) is 18.4. The van der Waals surface area contributed by atoms with Gasteiger partial charge in [0.15, 0.2) is 0 Å². The molecule has 0 fully saturated rings. The average molecular weight is 1020 g/mol. The molecule has 0 spiro atoms. The van der Waals surface area contributed by atoms with Crippen molar-refractivity contribution in [1.29, 1.82) is 0 Å². The summed E-state index contributed by atoms with van der Waals surface area (Å²) in [6.45, 7) is -0.0605. The van der Waals surface area contributed by atoms with Crippen molar-refractivity contribution in [2.75, 3.05) is 9.80 Å². The normalized spacial score (nSPS) is 12.6. The van der Waals surface area contributed by atoms with E-state index in [1.54, 1.807) is 0 Å². The van der Waals surface area contributed by atoms with E-state index in [9.17, 15) is 0 Å². The van der Waals surface area contributed by atoms with E-state index >= 15 is 0 Å². The van der Waals surface area contributed by atoms with Crippen molar-refractivity contribution in [3.05, 3.63) is 249 Å². The molecular formula is C70H41BN2O2S2. The zero-order chi connectivity index (χ0) is 50.3. The Kier molecular flexibility index (Phi) is 9.22. The highest BCUT2D eigenvalue weighted by molar-refractivity contribution is 7.27. The number of hydrogen-bond donors (Lipinski definition) is 0. The van der Waals surface area contributed by atoms with Gasteiger partial charge in [0.2, 0.25) is 0 Å². The number of benzene rings is 13. The Morgan fingerprint density at radius 1 is 0.273 bits per heavy atom. The molecule has 7 heteroatoms. The molecule has 0 aliphatic carbocycles. The molecule has 13 aromatic carbocycles. The van der Waals surface area contributed by atoms with Gasteiger partial charge in [-0.15, -0.1) is 22.7 Å². The average Bonchev–Trinajstić information content (AvgIpc) is 4.11. The molecular weight excluding hydrogens is 976 g/mol. The van der Waals surface area contributed by atoms with Crippen LogP contribution in [0.15, 0.2) is 249 Å². The lowest BCUT2D eigenvalue weighted by Crippen LogP contribution is -2.57. The fraction of sp³-hybridized carbons (Fsp3) is 0. The number of para-hydroxylation sites is 2. The Balaban J connectivity index is 0.772. The molecule has 358 valence electrons. The molecule has 77 heavy (non-hydrogen) atoms. The lowest BCUT2D eigenvalue weighted by atomic mass is 9.35. The molecule has 0 atom stereocenters. The van der Waals surface area contributed by atoms with Gasteiger partial charge in [-0.25, -0.2) is 0 Å². The highest BCUT2D eigenvalue weighted by atomic mass is 32.1. The predicted octanol–water partition coefficient (Wildman–Crippen LogP) is 18.7.